The molecule has 2 fully saturated rings. The number of hydrogen-bond donors (Lipinski definition) is 6. The first-order chi connectivity index (χ1) is 23.4. The number of anilines is 2. The summed E-state index contributed by atoms with van der Waals surface area (Å²) in [7, 11) is -8.90. The number of benzene rings is 2. The summed E-state index contributed by atoms with van der Waals surface area (Å²) >= 11 is 0. The largest absolute Gasteiger partial charge is 0.492 e. The summed E-state index contributed by atoms with van der Waals surface area (Å²) in [5.41, 5.74) is -0.544. The van der Waals surface area contributed by atoms with E-state index in [9.17, 15) is 53.0 Å². The molecule has 2 heterocycles. The normalized spacial score (nSPS) is 16.8. The molecular formula is C30H35FN4O13P2. The van der Waals surface area contributed by atoms with Crippen molar-refractivity contribution in [1.82, 2.24) is 9.47 Å². The number of ether oxygens (including phenoxy) is 2. The van der Waals surface area contributed by atoms with Crippen molar-refractivity contribution in [3.05, 3.63) is 63.7 Å². The van der Waals surface area contributed by atoms with E-state index >= 15 is 4.39 Å². The highest BCUT2D eigenvalue weighted by Gasteiger charge is 2.43. The van der Waals surface area contributed by atoms with Crippen LogP contribution in [0.15, 0.2) is 41.3 Å². The Balaban J connectivity index is 1.22. The van der Waals surface area contributed by atoms with E-state index in [2.05, 4.69) is 5.32 Å². The summed E-state index contributed by atoms with van der Waals surface area (Å²) in [6.45, 7) is 1.35. The predicted molar refractivity (Wildman–Crippen MR) is 176 cm³/mol. The molecule has 5 rings (SSSR count). The number of halogens is 1. The highest BCUT2D eigenvalue weighted by atomic mass is 31.2. The van der Waals surface area contributed by atoms with Crippen LogP contribution in [0.25, 0.3) is 10.9 Å². The molecule has 1 aromatic heterocycles. The third-order valence-electron chi connectivity index (χ3n) is 8.51. The number of carboxylic acids is 1. The van der Waals surface area contributed by atoms with Crippen LogP contribution >= 0.6 is 15.2 Å². The van der Waals surface area contributed by atoms with Crippen molar-refractivity contribution in [2.24, 2.45) is 0 Å². The summed E-state index contributed by atoms with van der Waals surface area (Å²) in [6.07, 6.45) is 1.34. The first kappa shape index (κ1) is 37.0. The first-order valence-electron chi connectivity index (χ1n) is 15.3. The Hall–Kier alpha value is -4.31. The topological polar surface area (TPSA) is 245 Å². The number of amides is 2. The molecule has 20 heteroatoms. The molecule has 1 saturated heterocycles. The van der Waals surface area contributed by atoms with Crippen LogP contribution in [0.2, 0.25) is 0 Å². The van der Waals surface area contributed by atoms with Gasteiger partial charge in [-0.15, -0.1) is 0 Å². The Morgan fingerprint density at radius 3 is 2.24 bits per heavy atom. The average molecular weight is 741 g/mol. The molecule has 17 nitrogen and oxygen atoms in total. The van der Waals surface area contributed by atoms with E-state index in [4.69, 9.17) is 9.47 Å². The molecule has 2 aliphatic rings. The van der Waals surface area contributed by atoms with Crippen LogP contribution in [-0.4, -0.2) is 96.9 Å². The molecule has 0 spiro atoms. The number of pyridine rings is 1. The minimum atomic E-state index is -5.11. The van der Waals surface area contributed by atoms with Gasteiger partial charge in [0.25, 0.3) is 5.91 Å². The molecule has 1 saturated carbocycles. The van der Waals surface area contributed by atoms with Gasteiger partial charge in [-0.05, 0) is 49.9 Å². The van der Waals surface area contributed by atoms with E-state index in [1.165, 1.54) is 42.5 Å². The summed E-state index contributed by atoms with van der Waals surface area (Å²) in [5.74, 6) is -2.86. The third kappa shape index (κ3) is 7.85. The Bertz CT molecular complexity index is 1970. The van der Waals surface area contributed by atoms with Gasteiger partial charge in [0, 0.05) is 43.6 Å². The predicted octanol–water partition coefficient (Wildman–Crippen LogP) is 2.69. The number of carbonyl (C=O) groups excluding carboxylic acids is 2. The monoisotopic (exact) mass is 740 g/mol. The zero-order valence-electron chi connectivity index (χ0n) is 26.8. The minimum absolute atomic E-state index is 0.0566. The number of piperazine rings is 1. The molecule has 270 valence electrons. The minimum Gasteiger partial charge on any atom is -0.492 e. The second kappa shape index (κ2) is 14.1. The number of hydrogen-bond acceptors (Lipinski definition) is 9. The van der Waals surface area contributed by atoms with E-state index in [1.54, 1.807) is 16.4 Å². The zero-order chi connectivity index (χ0) is 36.7. The van der Waals surface area contributed by atoms with Gasteiger partial charge in [0.05, 0.1) is 18.0 Å². The summed E-state index contributed by atoms with van der Waals surface area (Å²) < 4.78 is 51.3. The maximum absolute atomic E-state index is 15.7. The standard InChI is InChI=1S/C30H35FN4O13P2/c1-16-13-33(26-22(31)12-20-25(28(26)47-2)35(19-7-8-19)14-21(27(20)37)29(38)39)9-10-34(16)30(40)48-15-23(36)32-18-5-3-17(4-6-18)11-24(49(41,42)43)50(44,45)46/h3-6,12,14,16,19,24H,7-11,13,15H2,1-2H3,(H,32,36)(H,38,39)(H2,41,42,43)(H2,44,45,46). The zero-order valence-corrected chi connectivity index (χ0v) is 28.6. The lowest BCUT2D eigenvalue weighted by molar-refractivity contribution is -0.119. The van der Waals surface area contributed by atoms with Gasteiger partial charge in [-0.1, -0.05) is 12.1 Å². The van der Waals surface area contributed by atoms with Gasteiger partial charge in [-0.3, -0.25) is 18.7 Å². The summed E-state index contributed by atoms with van der Waals surface area (Å²) in [5, 5.41) is 9.71. The Morgan fingerprint density at radius 2 is 1.70 bits per heavy atom. The molecule has 2 aromatic carbocycles. The fourth-order valence-electron chi connectivity index (χ4n) is 5.93. The molecule has 0 bridgehead atoms. The van der Waals surface area contributed by atoms with Crippen LogP contribution in [0, 0.1) is 5.82 Å². The molecule has 1 aliphatic carbocycles. The van der Waals surface area contributed by atoms with Crippen molar-refractivity contribution < 1.29 is 62.1 Å². The smallest absolute Gasteiger partial charge is 0.410 e. The fourth-order valence-corrected chi connectivity index (χ4v) is 8.40. The Labute approximate surface area is 283 Å². The van der Waals surface area contributed by atoms with Gasteiger partial charge >= 0.3 is 27.3 Å². The lowest BCUT2D eigenvalue weighted by atomic mass is 10.1. The van der Waals surface area contributed by atoms with E-state index < -0.39 is 74.4 Å². The van der Waals surface area contributed by atoms with Crippen molar-refractivity contribution in [2.45, 2.75) is 43.7 Å². The van der Waals surface area contributed by atoms with Crippen molar-refractivity contribution in [1.29, 1.82) is 0 Å². The number of nitrogens with one attached hydrogen (secondary N) is 1. The van der Waals surface area contributed by atoms with Gasteiger partial charge in [0.15, 0.2) is 23.6 Å². The average Bonchev–Trinajstić information content (AvgIpc) is 3.87. The number of rotatable bonds is 11. The van der Waals surface area contributed by atoms with Gasteiger partial charge in [0.1, 0.15) is 11.3 Å². The lowest BCUT2D eigenvalue weighted by Gasteiger charge is -2.40. The lowest BCUT2D eigenvalue weighted by Crippen LogP contribution is -2.54. The summed E-state index contributed by atoms with van der Waals surface area (Å²) in [6, 6.07) is 5.76. The van der Waals surface area contributed by atoms with Crippen molar-refractivity contribution in [3.8, 4) is 5.75 Å². The van der Waals surface area contributed by atoms with Gasteiger partial charge in [-0.25, -0.2) is 14.0 Å². The highest BCUT2D eigenvalue weighted by Crippen LogP contribution is 2.61. The number of methoxy groups -OCH3 is 1. The van der Waals surface area contributed by atoms with Crippen LogP contribution in [0.3, 0.4) is 0 Å². The molecule has 2 amide bonds. The molecule has 3 aromatic rings. The second-order valence-corrected chi connectivity index (χ2v) is 16.1. The highest BCUT2D eigenvalue weighted by molar-refractivity contribution is 7.70. The van der Waals surface area contributed by atoms with Gasteiger partial charge < -0.3 is 53.8 Å². The SMILES string of the molecule is COc1c(N2CCN(C(=O)OCC(=O)Nc3ccc(CC(P(=O)(O)O)P(=O)(O)O)cc3)C(C)C2)c(F)cc2c(=O)c(C(=O)O)cn(C3CC3)c12. The number of aromatic carboxylic acids is 1. The van der Waals surface area contributed by atoms with Crippen LogP contribution in [-0.2, 0) is 25.1 Å². The number of nitrogens with zero attached hydrogens (tertiary/aromatic N) is 3. The second-order valence-electron chi connectivity index (χ2n) is 12.1. The van der Waals surface area contributed by atoms with E-state index in [-0.39, 0.29) is 59.3 Å². The molecule has 50 heavy (non-hydrogen) atoms. The van der Waals surface area contributed by atoms with E-state index in [1.807, 2.05) is 0 Å². The maximum Gasteiger partial charge on any atom is 0.410 e. The van der Waals surface area contributed by atoms with Crippen LogP contribution in [0.5, 0.6) is 5.75 Å². The van der Waals surface area contributed by atoms with Crippen LogP contribution in [0.4, 0.5) is 20.6 Å². The number of aromatic nitrogens is 1. The Morgan fingerprint density at radius 1 is 1.06 bits per heavy atom. The van der Waals surface area contributed by atoms with E-state index in [0.29, 0.717) is 0 Å². The quantitative estimate of drug-likeness (QED) is 0.155. The maximum atomic E-state index is 15.7. The number of fused-ring (bicyclic) bond motifs is 1. The molecular weight excluding hydrogens is 705 g/mol. The molecule has 1 atom stereocenters. The fraction of sp³-hybridized carbons (Fsp3) is 0.400. The molecule has 6 N–H and O–H groups in total. The van der Waals surface area contributed by atoms with Crippen molar-refractivity contribution in [2.75, 3.05) is 43.6 Å². The summed E-state index contributed by atoms with van der Waals surface area (Å²) in [4.78, 5) is 90.5. The van der Waals surface area contributed by atoms with Crippen LogP contribution < -0.4 is 20.4 Å². The van der Waals surface area contributed by atoms with Crippen LogP contribution in [0.1, 0.15) is 41.7 Å². The number of carboxylic acid groups (broad SMARTS) is 1. The molecule has 1 aliphatic heterocycles. The first-order valence-corrected chi connectivity index (χ1v) is 18.6. The van der Waals surface area contributed by atoms with E-state index in [0.717, 1.165) is 18.9 Å². The molecule has 1 unspecified atom stereocenters. The van der Waals surface area contributed by atoms with Crippen molar-refractivity contribution >= 4 is 55.4 Å². The third-order valence-corrected chi connectivity index (χ3v) is 12.2. The van der Waals surface area contributed by atoms with Crippen molar-refractivity contribution in [3.63, 3.8) is 0 Å². The number of carbonyl (C=O) groups is 3. The van der Waals surface area contributed by atoms with Gasteiger partial charge in [0.2, 0.25) is 5.43 Å². The van der Waals surface area contributed by atoms with Gasteiger partial charge in [-0.2, -0.15) is 0 Å². The Kier molecular flexibility index (Phi) is 10.4. The molecule has 0 radical (unpaired) electrons.